The van der Waals surface area contributed by atoms with Gasteiger partial charge in [-0.3, -0.25) is 4.79 Å². The summed E-state index contributed by atoms with van der Waals surface area (Å²) in [6, 6.07) is 5.58. The van der Waals surface area contributed by atoms with Crippen molar-refractivity contribution in [2.45, 2.75) is 13.8 Å². The number of benzene rings is 1. The Balaban J connectivity index is 3.10. The summed E-state index contributed by atoms with van der Waals surface area (Å²) in [5.41, 5.74) is 0.655. The summed E-state index contributed by atoms with van der Waals surface area (Å²) in [6.45, 7) is 4.04. The Kier molecular flexibility index (Phi) is 3.71. The minimum Gasteiger partial charge on any atom is -0.493 e. The largest absolute Gasteiger partial charge is 0.493 e. The predicted octanol–water partition coefficient (Wildman–Crippen LogP) is 2.89. The Labute approximate surface area is 91.4 Å². The number of hydrogen-bond donors (Lipinski definition) is 0. The molecule has 0 amide bonds. The maximum absolute atomic E-state index is 11.2. The van der Waals surface area contributed by atoms with E-state index in [1.807, 2.05) is 19.1 Å². The standard InChI is InChI=1S/C10H11IO2/c1-3-13-10-6-8(11)4-5-9(10)7(2)12/h4-6H,3H2,1-2H3. The van der Waals surface area contributed by atoms with Crippen molar-refractivity contribution < 1.29 is 9.53 Å². The lowest BCUT2D eigenvalue weighted by Gasteiger charge is -2.07. The molecule has 0 aliphatic rings. The highest BCUT2D eigenvalue weighted by molar-refractivity contribution is 14.1. The Bertz CT molecular complexity index is 321. The molecule has 0 aliphatic carbocycles. The second-order valence-electron chi connectivity index (χ2n) is 2.63. The molecule has 0 heterocycles. The van der Waals surface area contributed by atoms with Crippen molar-refractivity contribution in [2.24, 2.45) is 0 Å². The molecule has 13 heavy (non-hydrogen) atoms. The van der Waals surface area contributed by atoms with E-state index in [1.54, 1.807) is 13.0 Å². The van der Waals surface area contributed by atoms with Crippen molar-refractivity contribution in [2.75, 3.05) is 6.61 Å². The summed E-state index contributed by atoms with van der Waals surface area (Å²) < 4.78 is 6.43. The molecule has 70 valence electrons. The maximum atomic E-state index is 11.2. The number of rotatable bonds is 3. The van der Waals surface area contributed by atoms with Gasteiger partial charge in [0.2, 0.25) is 0 Å². The van der Waals surface area contributed by atoms with Crippen LogP contribution in [0.15, 0.2) is 18.2 Å². The van der Waals surface area contributed by atoms with Gasteiger partial charge in [0.15, 0.2) is 5.78 Å². The third-order valence-corrected chi connectivity index (χ3v) is 2.29. The predicted molar refractivity (Wildman–Crippen MR) is 60.3 cm³/mol. The second-order valence-corrected chi connectivity index (χ2v) is 3.88. The topological polar surface area (TPSA) is 26.3 Å². The van der Waals surface area contributed by atoms with E-state index < -0.39 is 0 Å². The van der Waals surface area contributed by atoms with E-state index in [9.17, 15) is 4.79 Å². The lowest BCUT2D eigenvalue weighted by atomic mass is 10.1. The van der Waals surface area contributed by atoms with Crippen LogP contribution in [0.1, 0.15) is 24.2 Å². The Morgan fingerprint density at radius 2 is 2.23 bits per heavy atom. The fourth-order valence-corrected chi connectivity index (χ4v) is 1.52. The molecule has 2 nitrogen and oxygen atoms in total. The molecule has 0 saturated carbocycles. The van der Waals surface area contributed by atoms with E-state index in [4.69, 9.17) is 4.74 Å². The average molecular weight is 290 g/mol. The van der Waals surface area contributed by atoms with E-state index >= 15 is 0 Å². The van der Waals surface area contributed by atoms with Gasteiger partial charge in [0.05, 0.1) is 12.2 Å². The lowest BCUT2D eigenvalue weighted by Crippen LogP contribution is -2.00. The molecule has 1 aromatic carbocycles. The Morgan fingerprint density at radius 3 is 2.77 bits per heavy atom. The molecule has 0 spiro atoms. The molecule has 0 unspecified atom stereocenters. The highest BCUT2D eigenvalue weighted by Crippen LogP contribution is 2.21. The van der Waals surface area contributed by atoms with Crippen LogP contribution in [0.25, 0.3) is 0 Å². The minimum absolute atomic E-state index is 0.0415. The van der Waals surface area contributed by atoms with Crippen molar-refractivity contribution in [3.63, 3.8) is 0 Å². The molecule has 1 rings (SSSR count). The van der Waals surface area contributed by atoms with Crippen molar-refractivity contribution in [1.29, 1.82) is 0 Å². The van der Waals surface area contributed by atoms with Crippen LogP contribution in [0.5, 0.6) is 5.75 Å². The minimum atomic E-state index is 0.0415. The van der Waals surface area contributed by atoms with Crippen LogP contribution in [0.3, 0.4) is 0 Å². The molecule has 0 saturated heterocycles. The van der Waals surface area contributed by atoms with Crippen molar-refractivity contribution in [3.8, 4) is 5.75 Å². The molecular weight excluding hydrogens is 279 g/mol. The van der Waals surface area contributed by atoms with E-state index in [0.29, 0.717) is 17.9 Å². The van der Waals surface area contributed by atoms with Crippen LogP contribution in [-0.4, -0.2) is 12.4 Å². The molecule has 0 atom stereocenters. The first-order chi connectivity index (χ1) is 6.15. The summed E-state index contributed by atoms with van der Waals surface area (Å²) in [5.74, 6) is 0.724. The quantitative estimate of drug-likeness (QED) is 0.632. The average Bonchev–Trinajstić information content (AvgIpc) is 2.04. The molecular formula is C10H11IO2. The summed E-state index contributed by atoms with van der Waals surface area (Å²) in [6.07, 6.45) is 0. The zero-order valence-electron chi connectivity index (χ0n) is 7.63. The van der Waals surface area contributed by atoms with Crippen LogP contribution in [0.2, 0.25) is 0 Å². The van der Waals surface area contributed by atoms with Gasteiger partial charge >= 0.3 is 0 Å². The van der Waals surface area contributed by atoms with E-state index in [-0.39, 0.29) is 5.78 Å². The van der Waals surface area contributed by atoms with Gasteiger partial charge < -0.3 is 4.74 Å². The van der Waals surface area contributed by atoms with E-state index in [0.717, 1.165) is 3.57 Å². The van der Waals surface area contributed by atoms with Crippen molar-refractivity contribution in [1.82, 2.24) is 0 Å². The highest BCUT2D eigenvalue weighted by atomic mass is 127. The first-order valence-electron chi connectivity index (χ1n) is 4.08. The SMILES string of the molecule is CCOc1cc(I)ccc1C(C)=O. The van der Waals surface area contributed by atoms with Crippen LogP contribution >= 0.6 is 22.6 Å². The highest BCUT2D eigenvalue weighted by Gasteiger charge is 2.07. The van der Waals surface area contributed by atoms with Crippen molar-refractivity contribution in [3.05, 3.63) is 27.3 Å². The first kappa shape index (κ1) is 10.5. The van der Waals surface area contributed by atoms with Gasteiger partial charge in [-0.1, -0.05) is 0 Å². The number of Topliss-reactive ketones (excluding diaryl/α,β-unsaturated/α-hetero) is 1. The molecule has 3 heteroatoms. The van der Waals surface area contributed by atoms with Gasteiger partial charge in [-0.25, -0.2) is 0 Å². The molecule has 0 fully saturated rings. The summed E-state index contributed by atoms with van der Waals surface area (Å²) >= 11 is 2.19. The monoisotopic (exact) mass is 290 g/mol. The third kappa shape index (κ3) is 2.69. The normalized spacial score (nSPS) is 9.77. The molecule has 1 aromatic rings. The first-order valence-corrected chi connectivity index (χ1v) is 5.16. The summed E-state index contributed by atoms with van der Waals surface area (Å²) in [4.78, 5) is 11.2. The molecule has 0 radical (unpaired) electrons. The zero-order chi connectivity index (χ0) is 9.84. The molecule has 0 N–H and O–H groups in total. The van der Waals surface area contributed by atoms with Gasteiger partial charge in [0.1, 0.15) is 5.75 Å². The number of carbonyl (C=O) groups excluding carboxylic acids is 1. The third-order valence-electron chi connectivity index (χ3n) is 1.62. The van der Waals surface area contributed by atoms with Crippen molar-refractivity contribution >= 4 is 28.4 Å². The number of hydrogen-bond acceptors (Lipinski definition) is 2. The Morgan fingerprint density at radius 1 is 1.54 bits per heavy atom. The van der Waals surface area contributed by atoms with Crippen LogP contribution in [0.4, 0.5) is 0 Å². The van der Waals surface area contributed by atoms with Gasteiger partial charge in [-0.15, -0.1) is 0 Å². The Hall–Kier alpha value is -0.580. The van der Waals surface area contributed by atoms with Gasteiger partial charge in [0, 0.05) is 3.57 Å². The second kappa shape index (κ2) is 4.60. The van der Waals surface area contributed by atoms with Gasteiger partial charge in [-0.2, -0.15) is 0 Å². The van der Waals surface area contributed by atoms with E-state index in [1.165, 1.54) is 0 Å². The molecule has 0 aromatic heterocycles. The summed E-state index contributed by atoms with van der Waals surface area (Å²) in [7, 11) is 0. The smallest absolute Gasteiger partial charge is 0.163 e. The van der Waals surface area contributed by atoms with Crippen LogP contribution in [0, 0.1) is 3.57 Å². The fraction of sp³-hybridized carbons (Fsp3) is 0.300. The zero-order valence-corrected chi connectivity index (χ0v) is 9.79. The number of halogens is 1. The summed E-state index contributed by atoms with van der Waals surface area (Å²) in [5, 5.41) is 0. The van der Waals surface area contributed by atoms with E-state index in [2.05, 4.69) is 22.6 Å². The molecule has 0 bridgehead atoms. The fourth-order valence-electron chi connectivity index (χ4n) is 1.06. The maximum Gasteiger partial charge on any atom is 0.163 e. The van der Waals surface area contributed by atoms with Crippen LogP contribution in [-0.2, 0) is 0 Å². The lowest BCUT2D eigenvalue weighted by molar-refractivity contribution is 0.101. The number of carbonyl (C=O) groups is 1. The van der Waals surface area contributed by atoms with Gasteiger partial charge in [0.25, 0.3) is 0 Å². The number of ether oxygens (including phenoxy) is 1. The van der Waals surface area contributed by atoms with Gasteiger partial charge in [-0.05, 0) is 54.6 Å². The van der Waals surface area contributed by atoms with Crippen LogP contribution < -0.4 is 4.74 Å². The molecule has 0 aliphatic heterocycles. The number of ketones is 1.